The summed E-state index contributed by atoms with van der Waals surface area (Å²) in [7, 11) is 0. The molecule has 0 aliphatic rings. The summed E-state index contributed by atoms with van der Waals surface area (Å²) >= 11 is 0. The smallest absolute Gasteiger partial charge is 0.200 e. The van der Waals surface area contributed by atoms with Gasteiger partial charge in [0.1, 0.15) is 0 Å². The summed E-state index contributed by atoms with van der Waals surface area (Å²) in [6, 6.07) is 0.410. The van der Waals surface area contributed by atoms with E-state index >= 15 is 0 Å². The molecule has 9 heavy (non-hydrogen) atoms. The van der Waals surface area contributed by atoms with Crippen LogP contribution in [0.3, 0.4) is 0 Å². The molecular weight excluding hydrogens is 114 g/mol. The second-order valence-electron chi connectivity index (χ2n) is 2.29. The first-order valence-corrected chi connectivity index (χ1v) is 3.00. The monoisotopic (exact) mass is 125 g/mol. The predicted octanol–water partition coefficient (Wildman–Crippen LogP) is 1.05. The summed E-state index contributed by atoms with van der Waals surface area (Å²) in [5.74, 6) is 0.588. The van der Waals surface area contributed by atoms with Gasteiger partial charge in [0.05, 0.1) is 0 Å². The molecule has 1 aromatic rings. The third kappa shape index (κ3) is 1.04. The molecule has 50 valence electrons. The SMILES string of the molecule is CC(C)n1ccnc1N. The van der Waals surface area contributed by atoms with Gasteiger partial charge in [0.25, 0.3) is 0 Å². The molecule has 0 bridgehead atoms. The van der Waals surface area contributed by atoms with Gasteiger partial charge in [-0.25, -0.2) is 4.98 Å². The number of nitrogens with two attached hydrogens (primary N) is 1. The molecule has 3 nitrogen and oxygen atoms in total. The number of imidazole rings is 1. The maximum Gasteiger partial charge on any atom is 0.200 e. The fourth-order valence-corrected chi connectivity index (χ4v) is 0.761. The van der Waals surface area contributed by atoms with Gasteiger partial charge in [-0.1, -0.05) is 0 Å². The van der Waals surface area contributed by atoms with Crippen molar-refractivity contribution < 1.29 is 0 Å². The van der Waals surface area contributed by atoms with Crippen LogP contribution in [0.5, 0.6) is 0 Å². The Bertz CT molecular complexity index is 190. The number of nitrogen functional groups attached to an aromatic ring is 1. The summed E-state index contributed by atoms with van der Waals surface area (Å²) in [6.07, 6.45) is 3.58. The lowest BCUT2D eigenvalue weighted by atomic mass is 10.4. The van der Waals surface area contributed by atoms with Crippen LogP contribution >= 0.6 is 0 Å². The Morgan fingerprint density at radius 1 is 1.67 bits per heavy atom. The van der Waals surface area contributed by atoms with E-state index < -0.39 is 0 Å². The van der Waals surface area contributed by atoms with E-state index in [4.69, 9.17) is 5.73 Å². The molecule has 3 heteroatoms. The summed E-state index contributed by atoms with van der Waals surface area (Å²) in [6.45, 7) is 4.14. The first kappa shape index (κ1) is 6.13. The molecule has 0 amide bonds. The maximum absolute atomic E-state index is 5.49. The van der Waals surface area contributed by atoms with Gasteiger partial charge < -0.3 is 10.3 Å². The first-order chi connectivity index (χ1) is 4.22. The standard InChI is InChI=1S/C6H11N3/c1-5(2)9-4-3-8-6(9)7/h3-5H,1-2H3,(H2,7,8). The van der Waals surface area contributed by atoms with Gasteiger partial charge in [-0.15, -0.1) is 0 Å². The Morgan fingerprint density at radius 2 is 2.33 bits per heavy atom. The normalized spacial score (nSPS) is 10.6. The molecule has 1 rings (SSSR count). The van der Waals surface area contributed by atoms with Gasteiger partial charge in [0, 0.05) is 18.4 Å². The van der Waals surface area contributed by atoms with Crippen molar-refractivity contribution >= 4 is 5.95 Å². The number of aromatic nitrogens is 2. The van der Waals surface area contributed by atoms with Crippen molar-refractivity contribution in [3.63, 3.8) is 0 Å². The van der Waals surface area contributed by atoms with Gasteiger partial charge in [-0.3, -0.25) is 0 Å². The van der Waals surface area contributed by atoms with Gasteiger partial charge in [0.2, 0.25) is 0 Å². The van der Waals surface area contributed by atoms with Crippen molar-refractivity contribution in [3.8, 4) is 0 Å². The molecule has 0 aliphatic heterocycles. The fourth-order valence-electron chi connectivity index (χ4n) is 0.761. The van der Waals surface area contributed by atoms with Crippen LogP contribution in [-0.4, -0.2) is 9.55 Å². The van der Waals surface area contributed by atoms with Crippen molar-refractivity contribution in [2.24, 2.45) is 0 Å². The maximum atomic E-state index is 5.49. The highest BCUT2D eigenvalue weighted by atomic mass is 15.1. The zero-order valence-corrected chi connectivity index (χ0v) is 5.70. The van der Waals surface area contributed by atoms with Crippen molar-refractivity contribution in [1.82, 2.24) is 9.55 Å². The Hall–Kier alpha value is -0.990. The van der Waals surface area contributed by atoms with Crippen LogP contribution < -0.4 is 5.73 Å². The molecule has 0 fully saturated rings. The second kappa shape index (κ2) is 2.09. The van der Waals surface area contributed by atoms with Crippen LogP contribution in [0.4, 0.5) is 5.95 Å². The molecule has 1 heterocycles. The molecule has 0 unspecified atom stereocenters. The molecular formula is C6H11N3. The first-order valence-electron chi connectivity index (χ1n) is 3.00. The van der Waals surface area contributed by atoms with E-state index in [9.17, 15) is 0 Å². The predicted molar refractivity (Wildman–Crippen MR) is 37.0 cm³/mol. The van der Waals surface area contributed by atoms with Gasteiger partial charge >= 0.3 is 0 Å². The van der Waals surface area contributed by atoms with Crippen molar-refractivity contribution in [1.29, 1.82) is 0 Å². The molecule has 0 saturated heterocycles. The van der Waals surface area contributed by atoms with E-state index in [0.717, 1.165) is 0 Å². The molecule has 0 saturated carbocycles. The van der Waals surface area contributed by atoms with E-state index in [-0.39, 0.29) is 0 Å². The summed E-state index contributed by atoms with van der Waals surface area (Å²) < 4.78 is 1.92. The molecule has 1 aromatic heterocycles. The molecule has 0 spiro atoms. The Kier molecular flexibility index (Phi) is 1.42. The zero-order chi connectivity index (χ0) is 6.85. The average Bonchev–Trinajstić information content (AvgIpc) is 2.13. The lowest BCUT2D eigenvalue weighted by Gasteiger charge is -2.06. The topological polar surface area (TPSA) is 43.8 Å². The highest BCUT2D eigenvalue weighted by Gasteiger charge is 1.98. The average molecular weight is 125 g/mol. The van der Waals surface area contributed by atoms with Crippen LogP contribution in [0.1, 0.15) is 19.9 Å². The number of hydrogen-bond donors (Lipinski definition) is 1. The second-order valence-corrected chi connectivity index (χ2v) is 2.29. The largest absolute Gasteiger partial charge is 0.369 e. The number of hydrogen-bond acceptors (Lipinski definition) is 2. The van der Waals surface area contributed by atoms with Crippen molar-refractivity contribution in [3.05, 3.63) is 12.4 Å². The lowest BCUT2D eigenvalue weighted by Crippen LogP contribution is -2.03. The van der Waals surface area contributed by atoms with Gasteiger partial charge in [-0.2, -0.15) is 0 Å². The summed E-state index contributed by atoms with van der Waals surface area (Å²) in [4.78, 5) is 3.88. The number of nitrogens with zero attached hydrogens (tertiary/aromatic N) is 2. The van der Waals surface area contributed by atoms with Crippen LogP contribution in [0, 0.1) is 0 Å². The summed E-state index contributed by atoms with van der Waals surface area (Å²) in [5.41, 5.74) is 5.49. The van der Waals surface area contributed by atoms with Crippen molar-refractivity contribution in [2.75, 3.05) is 5.73 Å². The zero-order valence-electron chi connectivity index (χ0n) is 5.70. The molecule has 0 aliphatic carbocycles. The fraction of sp³-hybridized carbons (Fsp3) is 0.500. The molecule has 0 atom stereocenters. The quantitative estimate of drug-likeness (QED) is 0.609. The van der Waals surface area contributed by atoms with Crippen LogP contribution in [0.2, 0.25) is 0 Å². The minimum Gasteiger partial charge on any atom is -0.369 e. The lowest BCUT2D eigenvalue weighted by molar-refractivity contribution is 0.609. The molecule has 0 radical (unpaired) electrons. The highest BCUT2D eigenvalue weighted by molar-refractivity contribution is 5.17. The molecule has 2 N–H and O–H groups in total. The number of rotatable bonds is 1. The van der Waals surface area contributed by atoms with E-state index in [0.29, 0.717) is 12.0 Å². The van der Waals surface area contributed by atoms with Gasteiger partial charge in [0.15, 0.2) is 5.95 Å². The Labute approximate surface area is 54.5 Å². The van der Waals surface area contributed by atoms with E-state index in [1.165, 1.54) is 0 Å². The number of anilines is 1. The van der Waals surface area contributed by atoms with Crippen molar-refractivity contribution in [2.45, 2.75) is 19.9 Å². The third-order valence-corrected chi connectivity index (χ3v) is 1.25. The third-order valence-electron chi connectivity index (χ3n) is 1.25. The van der Waals surface area contributed by atoms with Gasteiger partial charge in [-0.05, 0) is 13.8 Å². The summed E-state index contributed by atoms with van der Waals surface area (Å²) in [5, 5.41) is 0. The van der Waals surface area contributed by atoms with Crippen LogP contribution in [0.25, 0.3) is 0 Å². The van der Waals surface area contributed by atoms with E-state index in [2.05, 4.69) is 18.8 Å². The highest BCUT2D eigenvalue weighted by Crippen LogP contribution is 2.07. The minimum absolute atomic E-state index is 0.410. The van der Waals surface area contributed by atoms with Crippen LogP contribution in [0.15, 0.2) is 12.4 Å². The minimum atomic E-state index is 0.410. The molecule has 0 aromatic carbocycles. The van der Waals surface area contributed by atoms with Crippen LogP contribution in [-0.2, 0) is 0 Å². The Balaban J connectivity index is 2.94. The Morgan fingerprint density at radius 3 is 2.56 bits per heavy atom. The van der Waals surface area contributed by atoms with E-state index in [1.807, 2.05) is 10.8 Å². The van der Waals surface area contributed by atoms with E-state index in [1.54, 1.807) is 6.20 Å².